The largest absolute Gasteiger partial charge is 0.501 e. The summed E-state index contributed by atoms with van der Waals surface area (Å²) in [6, 6.07) is 5.46. The topological polar surface area (TPSA) is 110 Å². The Hall–Kier alpha value is -2.74. The molecule has 0 saturated carbocycles. The van der Waals surface area contributed by atoms with Crippen LogP contribution in [0.25, 0.3) is 0 Å². The van der Waals surface area contributed by atoms with Crippen molar-refractivity contribution in [3.8, 4) is 5.75 Å². The van der Waals surface area contributed by atoms with E-state index in [0.29, 0.717) is 24.2 Å². The van der Waals surface area contributed by atoms with E-state index in [0.717, 1.165) is 0 Å². The number of nitrogens with one attached hydrogen (secondary N) is 1. The number of aryl methyl sites for hydroxylation is 1. The molecule has 1 aliphatic rings. The van der Waals surface area contributed by atoms with Crippen LogP contribution in [-0.2, 0) is 19.5 Å². The molecule has 8 heteroatoms. The molecule has 0 spiro atoms. The Balaban J connectivity index is 0.00000225. The van der Waals surface area contributed by atoms with Crippen molar-refractivity contribution in [2.24, 2.45) is 5.73 Å². The van der Waals surface area contributed by atoms with Crippen LogP contribution in [0.5, 0.6) is 5.75 Å². The first-order chi connectivity index (χ1) is 11.5. The summed E-state index contributed by atoms with van der Waals surface area (Å²) in [4.78, 5) is 28.5. The van der Waals surface area contributed by atoms with Crippen LogP contribution in [0.3, 0.4) is 0 Å². The molecule has 2 aromatic rings. The number of amides is 1. The lowest BCUT2D eigenvalue weighted by molar-refractivity contribution is 0.0941. The van der Waals surface area contributed by atoms with Gasteiger partial charge in [0.05, 0.1) is 0 Å². The Morgan fingerprint density at radius 3 is 2.76 bits per heavy atom. The van der Waals surface area contributed by atoms with Crippen LogP contribution in [-0.4, -0.2) is 26.6 Å². The van der Waals surface area contributed by atoms with E-state index in [2.05, 4.69) is 10.3 Å². The van der Waals surface area contributed by atoms with Crippen LogP contribution < -0.4 is 16.6 Å². The SMILES string of the molecule is C.N[C@H]1CCc2nc(C(=O)NCc3ccc(F)cc3)c(O)c(=O)n2C1. The molecule has 0 saturated heterocycles. The Labute approximate surface area is 144 Å². The van der Waals surface area contributed by atoms with E-state index >= 15 is 0 Å². The van der Waals surface area contributed by atoms with Crippen LogP contribution in [0.15, 0.2) is 29.1 Å². The van der Waals surface area contributed by atoms with Gasteiger partial charge in [-0.05, 0) is 24.1 Å². The third-order valence-corrected chi connectivity index (χ3v) is 3.96. The average molecular weight is 348 g/mol. The van der Waals surface area contributed by atoms with Crippen LogP contribution in [0.2, 0.25) is 0 Å². The van der Waals surface area contributed by atoms with Gasteiger partial charge in [-0.2, -0.15) is 0 Å². The van der Waals surface area contributed by atoms with Gasteiger partial charge in [0.15, 0.2) is 5.69 Å². The monoisotopic (exact) mass is 348 g/mol. The lowest BCUT2D eigenvalue weighted by Gasteiger charge is -2.23. The first-order valence-corrected chi connectivity index (χ1v) is 7.56. The van der Waals surface area contributed by atoms with Crippen LogP contribution in [0.1, 0.15) is 35.7 Å². The van der Waals surface area contributed by atoms with Gasteiger partial charge < -0.3 is 16.2 Å². The molecule has 1 atom stereocenters. The normalized spacial score (nSPS) is 15.8. The summed E-state index contributed by atoms with van der Waals surface area (Å²) in [7, 11) is 0. The number of carbonyl (C=O) groups is 1. The van der Waals surface area contributed by atoms with Gasteiger partial charge >= 0.3 is 0 Å². The second-order valence-corrected chi connectivity index (χ2v) is 5.75. The molecule has 1 amide bonds. The fourth-order valence-electron chi connectivity index (χ4n) is 2.63. The molecule has 0 radical (unpaired) electrons. The first-order valence-electron chi connectivity index (χ1n) is 7.56. The summed E-state index contributed by atoms with van der Waals surface area (Å²) in [5.74, 6) is -1.28. The number of hydrogen-bond acceptors (Lipinski definition) is 5. The molecule has 0 fully saturated rings. The summed E-state index contributed by atoms with van der Waals surface area (Å²) in [6.07, 6.45) is 1.13. The fraction of sp³-hybridized carbons (Fsp3) is 0.353. The highest BCUT2D eigenvalue weighted by Gasteiger charge is 2.24. The van der Waals surface area contributed by atoms with Crippen molar-refractivity contribution < 1.29 is 14.3 Å². The van der Waals surface area contributed by atoms with Crippen molar-refractivity contribution in [1.29, 1.82) is 0 Å². The van der Waals surface area contributed by atoms with E-state index in [4.69, 9.17) is 5.73 Å². The number of benzene rings is 1. The highest BCUT2D eigenvalue weighted by Crippen LogP contribution is 2.15. The standard InChI is InChI=1S/C16H17FN4O3.CH4/c17-10-3-1-9(2-4-10)7-19-15(23)13-14(22)16(24)21-8-11(18)5-6-12(21)20-13;/h1-4,11,22H,5-8,18H2,(H,19,23);1H4/t11-;/m0./s1. The summed E-state index contributed by atoms with van der Waals surface area (Å²) in [5, 5.41) is 12.6. The molecule has 134 valence electrons. The fourth-order valence-corrected chi connectivity index (χ4v) is 2.63. The van der Waals surface area contributed by atoms with E-state index in [1.54, 1.807) is 0 Å². The maximum atomic E-state index is 12.9. The number of hydrogen-bond donors (Lipinski definition) is 3. The van der Waals surface area contributed by atoms with Crippen molar-refractivity contribution in [3.63, 3.8) is 0 Å². The Bertz CT molecular complexity index is 833. The molecule has 0 bridgehead atoms. The predicted octanol–water partition coefficient (Wildman–Crippen LogP) is 0.928. The highest BCUT2D eigenvalue weighted by atomic mass is 19.1. The lowest BCUT2D eigenvalue weighted by Crippen LogP contribution is -2.40. The molecule has 0 aliphatic carbocycles. The van der Waals surface area contributed by atoms with Gasteiger partial charge in [0, 0.05) is 25.6 Å². The third kappa shape index (κ3) is 3.85. The van der Waals surface area contributed by atoms with Crippen LogP contribution >= 0.6 is 0 Å². The van der Waals surface area contributed by atoms with Crippen LogP contribution in [0, 0.1) is 5.82 Å². The molecule has 0 unspecified atom stereocenters. The van der Waals surface area contributed by atoms with Gasteiger partial charge in [-0.15, -0.1) is 0 Å². The number of aromatic hydroxyl groups is 1. The molecule has 2 heterocycles. The molecule has 4 N–H and O–H groups in total. The zero-order valence-corrected chi connectivity index (χ0v) is 12.8. The van der Waals surface area contributed by atoms with Gasteiger partial charge in [-0.3, -0.25) is 14.2 Å². The number of nitrogens with zero attached hydrogens (tertiary/aromatic N) is 2. The Kier molecular flexibility index (Phi) is 5.53. The molecule has 3 rings (SSSR count). The lowest BCUT2D eigenvalue weighted by atomic mass is 10.1. The van der Waals surface area contributed by atoms with E-state index in [-0.39, 0.29) is 38.1 Å². The van der Waals surface area contributed by atoms with E-state index in [9.17, 15) is 19.1 Å². The van der Waals surface area contributed by atoms with E-state index < -0.39 is 17.2 Å². The minimum Gasteiger partial charge on any atom is -0.501 e. The van der Waals surface area contributed by atoms with Crippen molar-refractivity contribution >= 4 is 5.91 Å². The van der Waals surface area contributed by atoms with Crippen molar-refractivity contribution in [1.82, 2.24) is 14.9 Å². The van der Waals surface area contributed by atoms with Gasteiger partial charge in [0.2, 0.25) is 5.75 Å². The highest BCUT2D eigenvalue weighted by molar-refractivity contribution is 5.94. The minimum atomic E-state index is -0.690. The maximum absolute atomic E-state index is 12.9. The van der Waals surface area contributed by atoms with Crippen molar-refractivity contribution in [2.75, 3.05) is 0 Å². The maximum Gasteiger partial charge on any atom is 0.296 e. The van der Waals surface area contributed by atoms with Gasteiger partial charge in [-0.1, -0.05) is 19.6 Å². The molecule has 1 aliphatic heterocycles. The number of nitrogens with two attached hydrogens (primary N) is 1. The summed E-state index contributed by atoms with van der Waals surface area (Å²) in [6.45, 7) is 0.399. The van der Waals surface area contributed by atoms with E-state index in [1.807, 2.05) is 0 Å². The van der Waals surface area contributed by atoms with Gasteiger partial charge in [0.25, 0.3) is 11.5 Å². The zero-order chi connectivity index (χ0) is 17.3. The number of fused-ring (bicyclic) bond motifs is 1. The number of rotatable bonds is 3. The Morgan fingerprint density at radius 1 is 1.40 bits per heavy atom. The molecule has 1 aromatic carbocycles. The zero-order valence-electron chi connectivity index (χ0n) is 12.8. The predicted molar refractivity (Wildman–Crippen MR) is 90.8 cm³/mol. The summed E-state index contributed by atoms with van der Waals surface area (Å²) in [5.41, 5.74) is 5.53. The van der Waals surface area contributed by atoms with Gasteiger partial charge in [0.1, 0.15) is 11.6 Å². The molecule has 25 heavy (non-hydrogen) atoms. The summed E-state index contributed by atoms with van der Waals surface area (Å²) >= 11 is 0. The summed E-state index contributed by atoms with van der Waals surface area (Å²) < 4.78 is 14.2. The Morgan fingerprint density at radius 2 is 2.08 bits per heavy atom. The smallest absolute Gasteiger partial charge is 0.296 e. The van der Waals surface area contributed by atoms with Gasteiger partial charge in [-0.25, -0.2) is 9.37 Å². The second-order valence-electron chi connectivity index (χ2n) is 5.75. The van der Waals surface area contributed by atoms with E-state index in [1.165, 1.54) is 28.8 Å². The average Bonchev–Trinajstić information content (AvgIpc) is 2.58. The number of aromatic nitrogens is 2. The number of carbonyl (C=O) groups excluding carboxylic acids is 1. The van der Waals surface area contributed by atoms with Crippen LogP contribution in [0.4, 0.5) is 4.39 Å². The first kappa shape index (κ1) is 18.6. The van der Waals surface area contributed by atoms with Crippen molar-refractivity contribution in [3.05, 3.63) is 57.5 Å². The minimum absolute atomic E-state index is 0. The molecule has 7 nitrogen and oxygen atoms in total. The molecular formula is C17H21FN4O3. The second kappa shape index (κ2) is 7.43. The molecule has 1 aromatic heterocycles. The molecular weight excluding hydrogens is 327 g/mol. The third-order valence-electron chi connectivity index (χ3n) is 3.96. The van der Waals surface area contributed by atoms with Crippen molar-refractivity contribution in [2.45, 2.75) is 39.4 Å². The number of halogens is 1. The quantitative estimate of drug-likeness (QED) is 0.764.